The number of carboxylic acids is 1. The molecule has 198 valence electrons. The minimum atomic E-state index is -3.93. The third kappa shape index (κ3) is 7.65. The van der Waals surface area contributed by atoms with Gasteiger partial charge in [-0.25, -0.2) is 26.5 Å². The number of nitrogens with one attached hydrogen (secondary N) is 2. The number of hydrogen-bond acceptors (Lipinski definition) is 14. The van der Waals surface area contributed by atoms with Crippen molar-refractivity contribution >= 4 is 71.6 Å². The smallest absolute Gasteiger partial charge is 0.543 e. The van der Waals surface area contributed by atoms with Gasteiger partial charge in [0.05, 0.1) is 29.4 Å². The van der Waals surface area contributed by atoms with E-state index in [2.05, 4.69) is 20.3 Å². The van der Waals surface area contributed by atoms with Gasteiger partial charge in [-0.2, -0.15) is 0 Å². The van der Waals surface area contributed by atoms with Gasteiger partial charge >= 0.3 is 29.6 Å². The van der Waals surface area contributed by atoms with E-state index in [0.29, 0.717) is 0 Å². The van der Waals surface area contributed by atoms with Gasteiger partial charge in [0.25, 0.3) is 11.8 Å². The first-order valence-corrected chi connectivity index (χ1v) is 15.5. The zero-order valence-electron chi connectivity index (χ0n) is 19.8. The van der Waals surface area contributed by atoms with Crippen molar-refractivity contribution in [3.05, 3.63) is 22.3 Å². The summed E-state index contributed by atoms with van der Waals surface area (Å²) in [6.45, 7) is -0.391. The monoisotopic (exact) mass is 604 g/mol. The van der Waals surface area contributed by atoms with E-state index in [0.717, 1.165) is 34.3 Å². The van der Waals surface area contributed by atoms with Crippen LogP contribution in [0.5, 0.6) is 0 Å². The number of nitrogens with zero attached hydrogens (tertiary/aromatic N) is 3. The number of aliphatic carboxylic acids is 1. The number of fused-ring (bicyclic) bond motifs is 1. The summed E-state index contributed by atoms with van der Waals surface area (Å²) >= 11 is 2.11. The summed E-state index contributed by atoms with van der Waals surface area (Å²) in [6, 6.07) is -1.13. The number of sulfonamides is 1. The molecule has 1 aromatic rings. The van der Waals surface area contributed by atoms with Crippen molar-refractivity contribution in [1.82, 2.24) is 19.9 Å². The summed E-state index contributed by atoms with van der Waals surface area (Å²) in [5, 5.41) is 18.7. The molecule has 4 N–H and O–H groups in total. The van der Waals surface area contributed by atoms with E-state index in [4.69, 9.17) is 5.73 Å². The molecule has 37 heavy (non-hydrogen) atoms. The van der Waals surface area contributed by atoms with Crippen LogP contribution in [0.1, 0.15) is 5.69 Å². The van der Waals surface area contributed by atoms with Gasteiger partial charge in [-0.3, -0.25) is 14.5 Å². The Hall–Kier alpha value is -1.74. The Morgan fingerprint density at radius 1 is 1.35 bits per heavy atom. The summed E-state index contributed by atoms with van der Waals surface area (Å²) in [7, 11) is -6.33. The molecule has 1 unspecified atom stereocenters. The van der Waals surface area contributed by atoms with Crippen LogP contribution in [0.3, 0.4) is 0 Å². The normalized spacial score (nSPS) is 20.0. The van der Waals surface area contributed by atoms with Crippen LogP contribution in [0.25, 0.3) is 0 Å². The Bertz CT molecular complexity index is 1360. The molecule has 3 rings (SSSR count). The van der Waals surface area contributed by atoms with Crippen LogP contribution in [0.15, 0.2) is 21.8 Å². The Kier molecular flexibility index (Phi) is 10.6. The van der Waals surface area contributed by atoms with Crippen LogP contribution in [0, 0.1) is 0 Å². The van der Waals surface area contributed by atoms with E-state index in [1.54, 1.807) is 0 Å². The Balaban J connectivity index is 0.00000481. The maximum absolute atomic E-state index is 12.8. The van der Waals surface area contributed by atoms with Crippen LogP contribution in [-0.4, -0.2) is 98.8 Å². The molecule has 0 aromatic carbocycles. The molecule has 0 saturated carbocycles. The summed E-state index contributed by atoms with van der Waals surface area (Å²) in [5.41, 5.74) is 4.78. The van der Waals surface area contributed by atoms with Crippen molar-refractivity contribution < 1.29 is 70.7 Å². The molecule has 2 aliphatic rings. The molecular formula is C17H21N6NaO9S4. The number of nitrogen functional groups attached to an aromatic ring is 1. The zero-order valence-corrected chi connectivity index (χ0v) is 25.1. The van der Waals surface area contributed by atoms with Gasteiger partial charge < -0.3 is 25.8 Å². The van der Waals surface area contributed by atoms with Gasteiger partial charge in [0.15, 0.2) is 20.7 Å². The molecule has 15 nitrogen and oxygen atoms in total. The van der Waals surface area contributed by atoms with Gasteiger partial charge in [-0.15, -0.1) is 23.1 Å². The molecule has 1 aromatic heterocycles. The molecule has 0 bridgehead atoms. The Morgan fingerprint density at radius 2 is 2.03 bits per heavy atom. The number of carbonyl (C=O) groups is 3. The van der Waals surface area contributed by atoms with Gasteiger partial charge in [-0.05, 0) is 5.57 Å². The number of thiazole rings is 1. The molecule has 1 saturated heterocycles. The van der Waals surface area contributed by atoms with Crippen molar-refractivity contribution in [1.29, 1.82) is 0 Å². The quantitative estimate of drug-likeness (QED) is 0.0926. The average molecular weight is 605 g/mol. The van der Waals surface area contributed by atoms with Crippen LogP contribution < -0.4 is 50.4 Å². The van der Waals surface area contributed by atoms with Crippen LogP contribution in [0.4, 0.5) is 5.13 Å². The first kappa shape index (κ1) is 31.5. The fourth-order valence-electron chi connectivity index (χ4n) is 3.40. The SMILES string of the molecule is CO/N=C(\C(=O)NC1C(=O)N2C(C(=O)[O-])=C(CS(=O)(=O)CCNS(C)(=O)=O)CS[C@H]12)c1csc(N)n1.[Na+]. The number of β-lactam (4-membered cyclic amide) rings is 1. The van der Waals surface area contributed by atoms with E-state index >= 15 is 0 Å². The molecule has 2 aliphatic heterocycles. The first-order valence-electron chi connectivity index (χ1n) is 9.90. The van der Waals surface area contributed by atoms with E-state index in [-0.39, 0.29) is 57.4 Å². The largest absolute Gasteiger partial charge is 1.00 e. The van der Waals surface area contributed by atoms with Crippen molar-refractivity contribution in [3.63, 3.8) is 0 Å². The van der Waals surface area contributed by atoms with Crippen LogP contribution in [0.2, 0.25) is 0 Å². The number of hydrogen-bond donors (Lipinski definition) is 3. The molecular weight excluding hydrogens is 583 g/mol. The molecule has 1 fully saturated rings. The average Bonchev–Trinajstić information content (AvgIpc) is 3.19. The predicted molar refractivity (Wildman–Crippen MR) is 129 cm³/mol. The fraction of sp³-hybridized carbons (Fsp3) is 0.471. The van der Waals surface area contributed by atoms with Crippen LogP contribution in [-0.2, 0) is 39.1 Å². The summed E-state index contributed by atoms with van der Waals surface area (Å²) in [4.78, 5) is 46.9. The molecule has 0 radical (unpaired) electrons. The number of anilines is 1. The van der Waals surface area contributed by atoms with E-state index < -0.39 is 72.8 Å². The fourth-order valence-corrected chi connectivity index (χ4v) is 7.36. The van der Waals surface area contributed by atoms with Gasteiger partial charge in [0, 0.05) is 17.7 Å². The third-order valence-corrected chi connectivity index (χ3v) is 9.22. The Morgan fingerprint density at radius 3 is 2.57 bits per heavy atom. The number of aromatic nitrogens is 1. The molecule has 0 spiro atoms. The maximum atomic E-state index is 12.8. The van der Waals surface area contributed by atoms with Gasteiger partial charge in [0.1, 0.15) is 24.2 Å². The van der Waals surface area contributed by atoms with Crippen molar-refractivity contribution in [2.24, 2.45) is 5.16 Å². The minimum Gasteiger partial charge on any atom is -0.543 e. The number of amides is 2. The number of carbonyl (C=O) groups excluding carboxylic acids is 3. The number of nitrogens with two attached hydrogens (primary N) is 1. The molecule has 2 atom stereocenters. The second-order valence-corrected chi connectivity index (χ2v) is 13.6. The number of rotatable bonds is 11. The third-order valence-electron chi connectivity index (χ3n) is 4.86. The molecule has 2 amide bonds. The summed E-state index contributed by atoms with van der Waals surface area (Å²) in [5.74, 6) is -4.72. The van der Waals surface area contributed by atoms with Crippen molar-refractivity contribution in [3.8, 4) is 0 Å². The van der Waals surface area contributed by atoms with Crippen molar-refractivity contribution in [2.45, 2.75) is 11.4 Å². The predicted octanol–water partition coefficient (Wildman–Crippen LogP) is -6.55. The van der Waals surface area contributed by atoms with Gasteiger partial charge in [0.2, 0.25) is 10.0 Å². The summed E-state index contributed by atoms with van der Waals surface area (Å²) < 4.78 is 49.2. The molecule has 0 aliphatic carbocycles. The minimum absolute atomic E-state index is 0. The van der Waals surface area contributed by atoms with Gasteiger partial charge in [-0.1, -0.05) is 5.16 Å². The number of sulfone groups is 1. The first-order chi connectivity index (χ1) is 16.7. The van der Waals surface area contributed by atoms with E-state index in [9.17, 15) is 36.3 Å². The topological polar surface area (TPSA) is 230 Å². The maximum Gasteiger partial charge on any atom is 1.00 e. The number of thioether (sulfide) groups is 1. The number of carboxylic acid groups (broad SMARTS) is 1. The van der Waals surface area contributed by atoms with E-state index in [1.807, 2.05) is 4.72 Å². The Labute approximate surface area is 242 Å². The van der Waals surface area contributed by atoms with Crippen LogP contribution >= 0.6 is 23.1 Å². The number of oxime groups is 1. The van der Waals surface area contributed by atoms with Crippen molar-refractivity contribution in [2.75, 3.05) is 42.9 Å². The molecule has 3 heterocycles. The standard InChI is InChI=1S/C17H22N6O9S4.Na/c1-32-22-10(9-6-34-17(18)20-9)13(24)21-11-14(25)23-12(16(26)27)8(5-33-15(11)23)7-36(30,31)4-3-19-35(2,28)29;/h6,11,15,19H,3-5,7H2,1-2H3,(H2,18,20)(H,21,24)(H,26,27);/q;+1/p-1/b22-10-;/t11?,15-;/m1./s1. The zero-order chi connectivity index (χ0) is 26.8. The van der Waals surface area contributed by atoms with E-state index in [1.165, 1.54) is 12.5 Å². The summed E-state index contributed by atoms with van der Waals surface area (Å²) in [6.07, 6.45) is 0.870. The molecule has 20 heteroatoms. The second-order valence-electron chi connectivity index (χ2n) is 7.55. The second kappa shape index (κ2) is 12.4.